The van der Waals surface area contributed by atoms with Gasteiger partial charge in [0.1, 0.15) is 11.8 Å². The number of carbonyl (C=O) groups excluding carboxylic acids is 1. The number of phenols is 1. The standard InChI is InChI=1S/C11H13NO4S/c13-8-3-1-7(2-4-8)5-9(11(15)16)12-10(14)6-17/h1-4,9,13,17H,5-6H2,(H,12,14)(H,15,16)/t9-/m0/s1. The average Bonchev–Trinajstić information content (AvgIpc) is 2.30. The Balaban J connectivity index is 2.70. The molecule has 5 nitrogen and oxygen atoms in total. The fourth-order valence-electron chi connectivity index (χ4n) is 1.31. The van der Waals surface area contributed by atoms with Crippen LogP contribution < -0.4 is 5.32 Å². The van der Waals surface area contributed by atoms with Gasteiger partial charge in [-0.1, -0.05) is 12.1 Å². The van der Waals surface area contributed by atoms with Gasteiger partial charge in [-0.05, 0) is 17.7 Å². The van der Waals surface area contributed by atoms with Crippen LogP contribution >= 0.6 is 12.6 Å². The SMILES string of the molecule is O=C(CS)N[C@@H](Cc1ccc(O)cc1)C(=O)O. The number of benzene rings is 1. The van der Waals surface area contributed by atoms with E-state index in [-0.39, 0.29) is 17.9 Å². The molecule has 0 radical (unpaired) electrons. The zero-order valence-corrected chi connectivity index (χ0v) is 9.85. The van der Waals surface area contributed by atoms with E-state index in [0.29, 0.717) is 0 Å². The molecular formula is C11H13NO4S. The molecule has 1 amide bonds. The van der Waals surface area contributed by atoms with Crippen LogP contribution in [0.25, 0.3) is 0 Å². The fraction of sp³-hybridized carbons (Fsp3) is 0.273. The van der Waals surface area contributed by atoms with E-state index in [4.69, 9.17) is 10.2 Å². The molecule has 0 saturated heterocycles. The second-order valence-electron chi connectivity index (χ2n) is 3.49. The molecule has 1 aromatic carbocycles. The first-order valence-electron chi connectivity index (χ1n) is 4.94. The molecule has 0 aliphatic rings. The van der Waals surface area contributed by atoms with Crippen molar-refractivity contribution >= 4 is 24.5 Å². The number of nitrogens with one attached hydrogen (secondary N) is 1. The number of thiol groups is 1. The number of phenolic OH excluding ortho intramolecular Hbond substituents is 1. The number of amides is 1. The molecule has 6 heteroatoms. The lowest BCUT2D eigenvalue weighted by atomic mass is 10.1. The number of rotatable bonds is 5. The minimum Gasteiger partial charge on any atom is -0.508 e. The predicted molar refractivity (Wildman–Crippen MR) is 65.2 cm³/mol. The summed E-state index contributed by atoms with van der Waals surface area (Å²) in [7, 11) is 0. The van der Waals surface area contributed by atoms with Crippen molar-refractivity contribution in [1.29, 1.82) is 0 Å². The zero-order valence-electron chi connectivity index (χ0n) is 8.96. The molecule has 0 aliphatic carbocycles. The molecule has 0 heterocycles. The van der Waals surface area contributed by atoms with Gasteiger partial charge >= 0.3 is 5.97 Å². The van der Waals surface area contributed by atoms with E-state index in [9.17, 15) is 9.59 Å². The monoisotopic (exact) mass is 255 g/mol. The molecule has 0 spiro atoms. The third-order valence-corrected chi connectivity index (χ3v) is 2.44. The van der Waals surface area contributed by atoms with Crippen molar-refractivity contribution in [3.8, 4) is 5.75 Å². The highest BCUT2D eigenvalue weighted by molar-refractivity contribution is 7.81. The van der Waals surface area contributed by atoms with E-state index in [0.717, 1.165) is 5.56 Å². The third-order valence-electron chi connectivity index (χ3n) is 2.15. The largest absolute Gasteiger partial charge is 0.508 e. The first-order chi connectivity index (χ1) is 8.02. The van der Waals surface area contributed by atoms with Gasteiger partial charge in [-0.15, -0.1) is 0 Å². The van der Waals surface area contributed by atoms with Crippen molar-refractivity contribution in [2.24, 2.45) is 0 Å². The first kappa shape index (κ1) is 13.4. The zero-order chi connectivity index (χ0) is 12.8. The Morgan fingerprint density at radius 3 is 2.35 bits per heavy atom. The van der Waals surface area contributed by atoms with Crippen LogP contribution in [0.1, 0.15) is 5.56 Å². The number of carboxylic acid groups (broad SMARTS) is 1. The van der Waals surface area contributed by atoms with Gasteiger partial charge < -0.3 is 15.5 Å². The number of carboxylic acids is 1. The Hall–Kier alpha value is -1.69. The summed E-state index contributed by atoms with van der Waals surface area (Å²) in [4.78, 5) is 22.0. The van der Waals surface area contributed by atoms with Crippen LogP contribution in [0.3, 0.4) is 0 Å². The molecule has 17 heavy (non-hydrogen) atoms. The van der Waals surface area contributed by atoms with Gasteiger partial charge in [0.05, 0.1) is 5.75 Å². The van der Waals surface area contributed by atoms with Crippen LogP contribution in [0.15, 0.2) is 24.3 Å². The molecule has 92 valence electrons. The van der Waals surface area contributed by atoms with E-state index in [1.54, 1.807) is 12.1 Å². The fourth-order valence-corrected chi connectivity index (χ4v) is 1.40. The maximum absolute atomic E-state index is 11.1. The van der Waals surface area contributed by atoms with Crippen LogP contribution in [-0.2, 0) is 16.0 Å². The predicted octanol–water partition coefficient (Wildman–Crippen LogP) is 0.434. The Morgan fingerprint density at radius 2 is 1.88 bits per heavy atom. The van der Waals surface area contributed by atoms with Crippen LogP contribution in [0, 0.1) is 0 Å². The molecule has 1 rings (SSSR count). The Morgan fingerprint density at radius 1 is 1.29 bits per heavy atom. The van der Waals surface area contributed by atoms with Crippen molar-refractivity contribution in [2.45, 2.75) is 12.5 Å². The number of aromatic hydroxyl groups is 1. The summed E-state index contributed by atoms with van der Waals surface area (Å²) in [6.45, 7) is 0. The molecule has 3 N–H and O–H groups in total. The van der Waals surface area contributed by atoms with Gasteiger partial charge in [0.15, 0.2) is 0 Å². The minimum atomic E-state index is -1.10. The van der Waals surface area contributed by atoms with Crippen molar-refractivity contribution in [1.82, 2.24) is 5.32 Å². The molecule has 0 bridgehead atoms. The van der Waals surface area contributed by atoms with Crippen molar-refractivity contribution in [3.05, 3.63) is 29.8 Å². The Kier molecular flexibility index (Phi) is 4.84. The van der Waals surface area contributed by atoms with Crippen LogP contribution in [-0.4, -0.2) is 33.9 Å². The lowest BCUT2D eigenvalue weighted by Gasteiger charge is -2.13. The normalized spacial score (nSPS) is 11.8. The topological polar surface area (TPSA) is 86.6 Å². The second-order valence-corrected chi connectivity index (χ2v) is 3.80. The van der Waals surface area contributed by atoms with E-state index in [1.807, 2.05) is 0 Å². The summed E-state index contributed by atoms with van der Waals surface area (Å²) in [6, 6.07) is 5.17. The van der Waals surface area contributed by atoms with Crippen LogP contribution in [0.5, 0.6) is 5.75 Å². The molecule has 0 saturated carbocycles. The van der Waals surface area contributed by atoms with Gasteiger partial charge in [0.2, 0.25) is 5.91 Å². The summed E-state index contributed by atoms with van der Waals surface area (Å²) < 4.78 is 0. The highest BCUT2D eigenvalue weighted by atomic mass is 32.1. The molecular weight excluding hydrogens is 242 g/mol. The maximum Gasteiger partial charge on any atom is 0.326 e. The van der Waals surface area contributed by atoms with Crippen LogP contribution in [0.2, 0.25) is 0 Å². The molecule has 0 aromatic heterocycles. The first-order valence-corrected chi connectivity index (χ1v) is 5.57. The van der Waals surface area contributed by atoms with Gasteiger partial charge in [-0.2, -0.15) is 12.6 Å². The minimum absolute atomic E-state index is 0.0562. The molecule has 0 aliphatic heterocycles. The Labute approximate surface area is 104 Å². The van der Waals surface area contributed by atoms with Gasteiger partial charge in [0, 0.05) is 6.42 Å². The molecule has 1 atom stereocenters. The van der Waals surface area contributed by atoms with Crippen LogP contribution in [0.4, 0.5) is 0 Å². The van der Waals surface area contributed by atoms with E-state index >= 15 is 0 Å². The second kappa shape index (κ2) is 6.15. The number of carbonyl (C=O) groups is 2. The number of aliphatic carboxylic acids is 1. The van der Waals surface area contributed by atoms with E-state index in [1.165, 1.54) is 12.1 Å². The lowest BCUT2D eigenvalue weighted by molar-refractivity contribution is -0.141. The highest BCUT2D eigenvalue weighted by Crippen LogP contribution is 2.11. The maximum atomic E-state index is 11.1. The smallest absolute Gasteiger partial charge is 0.326 e. The van der Waals surface area contributed by atoms with E-state index in [2.05, 4.69) is 17.9 Å². The summed E-state index contributed by atoms with van der Waals surface area (Å²) in [5, 5.41) is 20.4. The number of hydrogen-bond donors (Lipinski definition) is 4. The molecule has 1 aromatic rings. The lowest BCUT2D eigenvalue weighted by Crippen LogP contribution is -2.42. The summed E-state index contributed by atoms with van der Waals surface area (Å²) in [5.74, 6) is -1.48. The molecule has 0 fully saturated rings. The Bertz CT molecular complexity index is 404. The quantitative estimate of drug-likeness (QED) is 0.575. The third kappa shape index (κ3) is 4.36. The summed E-state index contributed by atoms with van der Waals surface area (Å²) >= 11 is 3.76. The van der Waals surface area contributed by atoms with Gasteiger partial charge in [-0.25, -0.2) is 4.79 Å². The highest BCUT2D eigenvalue weighted by Gasteiger charge is 2.19. The van der Waals surface area contributed by atoms with Gasteiger partial charge in [-0.3, -0.25) is 4.79 Å². The van der Waals surface area contributed by atoms with Gasteiger partial charge in [0.25, 0.3) is 0 Å². The van der Waals surface area contributed by atoms with Crippen molar-refractivity contribution in [3.63, 3.8) is 0 Å². The molecule has 0 unspecified atom stereocenters. The average molecular weight is 255 g/mol. The van der Waals surface area contributed by atoms with Crippen molar-refractivity contribution < 1.29 is 19.8 Å². The van der Waals surface area contributed by atoms with E-state index < -0.39 is 17.9 Å². The van der Waals surface area contributed by atoms with Crippen molar-refractivity contribution in [2.75, 3.05) is 5.75 Å². The summed E-state index contributed by atoms with van der Waals surface area (Å²) in [6.07, 6.45) is 0.162. The summed E-state index contributed by atoms with van der Waals surface area (Å²) in [5.41, 5.74) is 0.717. The number of hydrogen-bond acceptors (Lipinski definition) is 4.